The van der Waals surface area contributed by atoms with E-state index in [4.69, 9.17) is 4.74 Å². The first-order valence-corrected chi connectivity index (χ1v) is 7.19. The van der Waals surface area contributed by atoms with Gasteiger partial charge in [-0.05, 0) is 44.6 Å². The van der Waals surface area contributed by atoms with Gasteiger partial charge < -0.3 is 10.1 Å². The van der Waals surface area contributed by atoms with Crippen molar-refractivity contribution in [3.8, 4) is 0 Å². The fourth-order valence-corrected chi connectivity index (χ4v) is 2.64. The second-order valence-electron chi connectivity index (χ2n) is 5.67. The molecule has 2 fully saturated rings. The molecule has 0 atom stereocenters. The van der Waals surface area contributed by atoms with E-state index in [2.05, 4.69) is 12.2 Å². The van der Waals surface area contributed by atoms with Crippen LogP contribution in [0.1, 0.15) is 58.3 Å². The standard InChI is InChI=1S/C14H27NO/c1-2-10-15-12-14(8-4-3-5-9-14)16-11-13-6-7-13/h13,15H,2-12H2,1H3. The summed E-state index contributed by atoms with van der Waals surface area (Å²) in [6.07, 6.45) is 10.7. The molecular formula is C14H27NO. The molecule has 94 valence electrons. The van der Waals surface area contributed by atoms with Crippen molar-refractivity contribution in [3.63, 3.8) is 0 Å². The highest BCUT2D eigenvalue weighted by atomic mass is 16.5. The molecule has 0 aliphatic heterocycles. The lowest BCUT2D eigenvalue weighted by Gasteiger charge is -2.37. The Bertz CT molecular complexity index is 195. The molecular weight excluding hydrogens is 198 g/mol. The van der Waals surface area contributed by atoms with Crippen molar-refractivity contribution in [2.45, 2.75) is 63.9 Å². The second kappa shape index (κ2) is 6.02. The van der Waals surface area contributed by atoms with Crippen LogP contribution in [-0.4, -0.2) is 25.3 Å². The Balaban J connectivity index is 1.77. The summed E-state index contributed by atoms with van der Waals surface area (Å²) in [5, 5.41) is 3.56. The van der Waals surface area contributed by atoms with Gasteiger partial charge in [0.05, 0.1) is 12.2 Å². The Hall–Kier alpha value is -0.0800. The van der Waals surface area contributed by atoms with Gasteiger partial charge in [-0.3, -0.25) is 0 Å². The van der Waals surface area contributed by atoms with Crippen LogP contribution in [0, 0.1) is 5.92 Å². The number of hydrogen-bond acceptors (Lipinski definition) is 2. The van der Waals surface area contributed by atoms with Crippen LogP contribution in [0.25, 0.3) is 0 Å². The molecule has 2 rings (SSSR count). The van der Waals surface area contributed by atoms with Gasteiger partial charge in [0.1, 0.15) is 0 Å². The quantitative estimate of drug-likeness (QED) is 0.672. The third-order valence-electron chi connectivity index (χ3n) is 3.96. The van der Waals surface area contributed by atoms with Crippen LogP contribution >= 0.6 is 0 Å². The lowest BCUT2D eigenvalue weighted by Crippen LogP contribution is -2.45. The van der Waals surface area contributed by atoms with E-state index in [1.807, 2.05) is 0 Å². The molecule has 0 amide bonds. The Kier molecular flexibility index (Phi) is 4.66. The smallest absolute Gasteiger partial charge is 0.0806 e. The van der Waals surface area contributed by atoms with Gasteiger partial charge in [-0.2, -0.15) is 0 Å². The minimum Gasteiger partial charge on any atom is -0.373 e. The zero-order chi connectivity index (χ0) is 11.3. The maximum Gasteiger partial charge on any atom is 0.0806 e. The number of hydrogen-bond donors (Lipinski definition) is 1. The Labute approximate surface area is 100 Å². The first-order chi connectivity index (χ1) is 7.85. The molecule has 0 radical (unpaired) electrons. The fourth-order valence-electron chi connectivity index (χ4n) is 2.64. The summed E-state index contributed by atoms with van der Waals surface area (Å²) >= 11 is 0. The van der Waals surface area contributed by atoms with Crippen molar-refractivity contribution < 1.29 is 4.74 Å². The lowest BCUT2D eigenvalue weighted by molar-refractivity contribution is -0.0726. The molecule has 0 aromatic heterocycles. The highest BCUT2D eigenvalue weighted by molar-refractivity contribution is 4.88. The molecule has 0 unspecified atom stereocenters. The first-order valence-electron chi connectivity index (χ1n) is 7.19. The molecule has 2 aliphatic carbocycles. The van der Waals surface area contributed by atoms with Crippen molar-refractivity contribution in [2.75, 3.05) is 19.7 Å². The van der Waals surface area contributed by atoms with Crippen LogP contribution in [-0.2, 0) is 4.74 Å². The van der Waals surface area contributed by atoms with Gasteiger partial charge in [-0.25, -0.2) is 0 Å². The van der Waals surface area contributed by atoms with Crippen LogP contribution < -0.4 is 5.32 Å². The van der Waals surface area contributed by atoms with Gasteiger partial charge in [0.2, 0.25) is 0 Å². The number of rotatable bonds is 7. The lowest BCUT2D eigenvalue weighted by atomic mass is 9.84. The van der Waals surface area contributed by atoms with Crippen LogP contribution in [0.3, 0.4) is 0 Å². The molecule has 0 aromatic carbocycles. The van der Waals surface area contributed by atoms with E-state index < -0.39 is 0 Å². The topological polar surface area (TPSA) is 21.3 Å². The maximum atomic E-state index is 6.28. The summed E-state index contributed by atoms with van der Waals surface area (Å²) in [6.45, 7) is 5.46. The Morgan fingerprint density at radius 2 is 1.94 bits per heavy atom. The molecule has 0 saturated heterocycles. The van der Waals surface area contributed by atoms with Crippen molar-refractivity contribution >= 4 is 0 Å². The molecule has 0 heterocycles. The van der Waals surface area contributed by atoms with Gasteiger partial charge >= 0.3 is 0 Å². The van der Waals surface area contributed by atoms with Gasteiger partial charge in [-0.1, -0.05) is 26.2 Å². The van der Waals surface area contributed by atoms with E-state index >= 15 is 0 Å². The zero-order valence-corrected chi connectivity index (χ0v) is 10.8. The minimum atomic E-state index is 0.190. The Morgan fingerprint density at radius 1 is 1.19 bits per heavy atom. The number of nitrogens with one attached hydrogen (secondary N) is 1. The van der Waals surface area contributed by atoms with Crippen LogP contribution in [0.4, 0.5) is 0 Å². The molecule has 0 aromatic rings. The van der Waals surface area contributed by atoms with Crippen LogP contribution in [0.5, 0.6) is 0 Å². The van der Waals surface area contributed by atoms with E-state index in [1.165, 1.54) is 51.4 Å². The van der Waals surface area contributed by atoms with Gasteiger partial charge in [0.15, 0.2) is 0 Å². The van der Waals surface area contributed by atoms with E-state index in [9.17, 15) is 0 Å². The monoisotopic (exact) mass is 225 g/mol. The second-order valence-corrected chi connectivity index (χ2v) is 5.67. The molecule has 2 nitrogen and oxygen atoms in total. The Morgan fingerprint density at radius 3 is 2.56 bits per heavy atom. The predicted octanol–water partition coefficient (Wildman–Crippen LogP) is 3.12. The summed E-state index contributed by atoms with van der Waals surface area (Å²) < 4.78 is 6.28. The van der Waals surface area contributed by atoms with Gasteiger partial charge in [-0.15, -0.1) is 0 Å². The summed E-state index contributed by atoms with van der Waals surface area (Å²) in [5.41, 5.74) is 0.190. The van der Waals surface area contributed by atoms with Crippen molar-refractivity contribution in [1.82, 2.24) is 5.32 Å². The normalized spacial score (nSPS) is 24.6. The maximum absolute atomic E-state index is 6.28. The molecule has 1 N–H and O–H groups in total. The van der Waals surface area contributed by atoms with E-state index in [0.29, 0.717) is 0 Å². The zero-order valence-electron chi connectivity index (χ0n) is 10.8. The summed E-state index contributed by atoms with van der Waals surface area (Å²) in [7, 11) is 0. The third-order valence-corrected chi connectivity index (χ3v) is 3.96. The molecule has 2 saturated carbocycles. The van der Waals surface area contributed by atoms with Gasteiger partial charge in [0.25, 0.3) is 0 Å². The summed E-state index contributed by atoms with van der Waals surface area (Å²) in [6, 6.07) is 0. The van der Waals surface area contributed by atoms with Crippen molar-refractivity contribution in [1.29, 1.82) is 0 Å². The SMILES string of the molecule is CCCNCC1(OCC2CC2)CCCCC1. The van der Waals surface area contributed by atoms with E-state index in [-0.39, 0.29) is 5.60 Å². The average molecular weight is 225 g/mol. The molecule has 16 heavy (non-hydrogen) atoms. The molecule has 0 bridgehead atoms. The fraction of sp³-hybridized carbons (Fsp3) is 1.00. The molecule has 2 heteroatoms. The van der Waals surface area contributed by atoms with Crippen LogP contribution in [0.15, 0.2) is 0 Å². The predicted molar refractivity (Wildman–Crippen MR) is 67.7 cm³/mol. The molecule has 2 aliphatic rings. The average Bonchev–Trinajstić information content (AvgIpc) is 3.12. The highest BCUT2D eigenvalue weighted by Crippen LogP contribution is 2.35. The van der Waals surface area contributed by atoms with Crippen LogP contribution in [0.2, 0.25) is 0 Å². The number of ether oxygens (including phenoxy) is 1. The highest BCUT2D eigenvalue weighted by Gasteiger charge is 2.34. The summed E-state index contributed by atoms with van der Waals surface area (Å²) in [4.78, 5) is 0. The van der Waals surface area contributed by atoms with E-state index in [1.54, 1.807) is 0 Å². The molecule has 0 spiro atoms. The van der Waals surface area contributed by atoms with Crippen molar-refractivity contribution in [3.05, 3.63) is 0 Å². The van der Waals surface area contributed by atoms with E-state index in [0.717, 1.165) is 25.6 Å². The third kappa shape index (κ3) is 3.74. The summed E-state index contributed by atoms with van der Waals surface area (Å²) in [5.74, 6) is 0.893. The minimum absolute atomic E-state index is 0.190. The van der Waals surface area contributed by atoms with Gasteiger partial charge in [0, 0.05) is 6.54 Å². The van der Waals surface area contributed by atoms with Crippen molar-refractivity contribution in [2.24, 2.45) is 5.92 Å². The largest absolute Gasteiger partial charge is 0.373 e. The first kappa shape index (κ1) is 12.4.